The van der Waals surface area contributed by atoms with Gasteiger partial charge in [-0.05, 0) is 47.0 Å². The molecule has 1 N–H and O–H groups in total. The van der Waals surface area contributed by atoms with Crippen molar-refractivity contribution in [1.29, 1.82) is 0 Å². The lowest BCUT2D eigenvalue weighted by Gasteiger charge is -2.01. The average Bonchev–Trinajstić information content (AvgIpc) is 2.79. The minimum Gasteiger partial charge on any atom is -0.396 e. The molecule has 0 fully saturated rings. The van der Waals surface area contributed by atoms with Gasteiger partial charge in [-0.2, -0.15) is 0 Å². The van der Waals surface area contributed by atoms with Crippen LogP contribution in [0.25, 0.3) is 5.69 Å². The minimum atomic E-state index is 0.166. The molecule has 1 aromatic heterocycles. The van der Waals surface area contributed by atoms with Crippen molar-refractivity contribution < 1.29 is 5.11 Å². The molecule has 2 aromatic rings. The van der Waals surface area contributed by atoms with Gasteiger partial charge < -0.3 is 5.11 Å². The van der Waals surface area contributed by atoms with Crippen LogP contribution in [0.15, 0.2) is 28.9 Å². The summed E-state index contributed by atoms with van der Waals surface area (Å²) in [6.45, 7) is 0.166. The van der Waals surface area contributed by atoms with Crippen LogP contribution in [0.5, 0.6) is 0 Å². The quantitative estimate of drug-likeness (QED) is 0.943. The van der Waals surface area contributed by atoms with Crippen molar-refractivity contribution in [2.45, 2.75) is 12.8 Å². The third-order valence-electron chi connectivity index (χ3n) is 2.30. The fraction of sp³-hybridized carbons (Fsp3) is 0.273. The van der Waals surface area contributed by atoms with Crippen molar-refractivity contribution in [2.75, 3.05) is 6.61 Å². The van der Waals surface area contributed by atoms with E-state index >= 15 is 0 Å². The van der Waals surface area contributed by atoms with Crippen LogP contribution < -0.4 is 0 Å². The lowest BCUT2D eigenvalue weighted by Crippen LogP contribution is -1.94. The van der Waals surface area contributed by atoms with Gasteiger partial charge in [0.15, 0.2) is 0 Å². The van der Waals surface area contributed by atoms with Crippen LogP contribution in [0.4, 0.5) is 0 Å². The summed E-state index contributed by atoms with van der Waals surface area (Å²) in [5.41, 5.74) is 1.76. The van der Waals surface area contributed by atoms with Crippen molar-refractivity contribution in [3.8, 4) is 5.69 Å². The highest BCUT2D eigenvalue weighted by Gasteiger charge is 2.04. The Morgan fingerprint density at radius 3 is 2.94 bits per heavy atom. The summed E-state index contributed by atoms with van der Waals surface area (Å²) in [7, 11) is 0. The SMILES string of the molecule is OCCCc1cn(-c2ccc(Cl)c(Br)c2)nn1. The van der Waals surface area contributed by atoms with Gasteiger partial charge in [-0.1, -0.05) is 16.8 Å². The first-order valence-corrected chi connectivity index (χ1v) is 6.35. The summed E-state index contributed by atoms with van der Waals surface area (Å²) in [6, 6.07) is 5.56. The van der Waals surface area contributed by atoms with Gasteiger partial charge in [-0.3, -0.25) is 0 Å². The second-order valence-electron chi connectivity index (χ2n) is 3.58. The van der Waals surface area contributed by atoms with E-state index in [2.05, 4.69) is 26.2 Å². The molecule has 0 aliphatic carbocycles. The maximum absolute atomic E-state index is 8.74. The molecule has 0 radical (unpaired) electrons. The maximum atomic E-state index is 8.74. The van der Waals surface area contributed by atoms with Crippen LogP contribution in [-0.4, -0.2) is 26.7 Å². The molecule has 17 heavy (non-hydrogen) atoms. The molecule has 0 spiro atoms. The van der Waals surface area contributed by atoms with Crippen LogP contribution in [0.3, 0.4) is 0 Å². The van der Waals surface area contributed by atoms with Gasteiger partial charge in [0, 0.05) is 11.1 Å². The largest absolute Gasteiger partial charge is 0.396 e. The van der Waals surface area contributed by atoms with Gasteiger partial charge in [-0.15, -0.1) is 5.10 Å². The molecule has 4 nitrogen and oxygen atoms in total. The molecule has 0 bridgehead atoms. The first-order chi connectivity index (χ1) is 8.20. The van der Waals surface area contributed by atoms with E-state index in [1.54, 1.807) is 10.7 Å². The Morgan fingerprint density at radius 2 is 2.24 bits per heavy atom. The molecule has 0 atom stereocenters. The average molecular weight is 317 g/mol. The zero-order valence-corrected chi connectivity index (χ0v) is 11.3. The van der Waals surface area contributed by atoms with Crippen LogP contribution in [0.1, 0.15) is 12.1 Å². The number of halogens is 2. The molecule has 0 saturated heterocycles. The van der Waals surface area contributed by atoms with E-state index in [1.807, 2.05) is 18.3 Å². The zero-order chi connectivity index (χ0) is 12.3. The second-order valence-corrected chi connectivity index (χ2v) is 4.84. The number of nitrogens with zero attached hydrogens (tertiary/aromatic N) is 3. The number of benzene rings is 1. The van der Waals surface area contributed by atoms with Crippen molar-refractivity contribution in [3.05, 3.63) is 39.6 Å². The number of aromatic nitrogens is 3. The van der Waals surface area contributed by atoms with E-state index < -0.39 is 0 Å². The first kappa shape index (κ1) is 12.5. The number of aryl methyl sites for hydroxylation is 1. The second kappa shape index (κ2) is 5.62. The molecule has 2 rings (SSSR count). The van der Waals surface area contributed by atoms with Crippen molar-refractivity contribution in [3.63, 3.8) is 0 Å². The number of aliphatic hydroxyl groups is 1. The van der Waals surface area contributed by atoms with Crippen molar-refractivity contribution >= 4 is 27.5 Å². The monoisotopic (exact) mass is 315 g/mol. The third kappa shape index (κ3) is 3.06. The molecule has 0 unspecified atom stereocenters. The molecule has 90 valence electrons. The molecule has 6 heteroatoms. The highest BCUT2D eigenvalue weighted by molar-refractivity contribution is 9.10. The maximum Gasteiger partial charge on any atom is 0.0832 e. The molecule has 1 aromatic carbocycles. The summed E-state index contributed by atoms with van der Waals surface area (Å²) >= 11 is 9.29. The van der Waals surface area contributed by atoms with E-state index in [1.165, 1.54) is 0 Å². The molecule has 0 aliphatic heterocycles. The predicted octanol–water partition coefficient (Wildman–Crippen LogP) is 2.61. The number of hydrogen-bond acceptors (Lipinski definition) is 3. The van der Waals surface area contributed by atoms with E-state index in [9.17, 15) is 0 Å². The molecule has 0 aliphatic rings. The number of hydrogen-bond donors (Lipinski definition) is 1. The summed E-state index contributed by atoms with van der Waals surface area (Å²) in [4.78, 5) is 0. The fourth-order valence-corrected chi connectivity index (χ4v) is 1.91. The Balaban J connectivity index is 2.21. The standard InChI is InChI=1S/C11H11BrClN3O/c12-10-6-9(3-4-11(10)13)16-7-8(14-15-16)2-1-5-17/h3-4,6-7,17H,1-2,5H2. The van der Waals surface area contributed by atoms with Crippen molar-refractivity contribution in [1.82, 2.24) is 15.0 Å². The Bertz CT molecular complexity index is 515. The Hall–Kier alpha value is -0.910. The van der Waals surface area contributed by atoms with Crippen LogP contribution in [0.2, 0.25) is 5.02 Å². The Morgan fingerprint density at radius 1 is 1.41 bits per heavy atom. The highest BCUT2D eigenvalue weighted by Crippen LogP contribution is 2.24. The van der Waals surface area contributed by atoms with E-state index in [0.717, 1.165) is 22.3 Å². The normalized spacial score (nSPS) is 10.8. The molecule has 0 amide bonds. The van der Waals surface area contributed by atoms with Gasteiger partial charge in [0.1, 0.15) is 0 Å². The minimum absolute atomic E-state index is 0.166. The van der Waals surface area contributed by atoms with Crippen LogP contribution >= 0.6 is 27.5 Å². The number of rotatable bonds is 4. The Kier molecular flexibility index (Phi) is 4.15. The first-order valence-electron chi connectivity index (χ1n) is 5.18. The van der Waals surface area contributed by atoms with E-state index in [4.69, 9.17) is 16.7 Å². The van der Waals surface area contributed by atoms with E-state index in [-0.39, 0.29) is 6.61 Å². The highest BCUT2D eigenvalue weighted by atomic mass is 79.9. The summed E-state index contributed by atoms with van der Waals surface area (Å²) in [6.07, 6.45) is 3.28. The third-order valence-corrected chi connectivity index (χ3v) is 3.51. The van der Waals surface area contributed by atoms with Crippen LogP contribution in [0, 0.1) is 0 Å². The summed E-state index contributed by atoms with van der Waals surface area (Å²) in [5, 5.41) is 17.5. The lowest BCUT2D eigenvalue weighted by atomic mass is 10.2. The van der Waals surface area contributed by atoms with Crippen LogP contribution in [-0.2, 0) is 6.42 Å². The Labute approximate surface area is 112 Å². The molecular weight excluding hydrogens is 305 g/mol. The molecular formula is C11H11BrClN3O. The zero-order valence-electron chi connectivity index (χ0n) is 8.98. The van der Waals surface area contributed by atoms with Gasteiger partial charge >= 0.3 is 0 Å². The van der Waals surface area contributed by atoms with E-state index in [0.29, 0.717) is 11.4 Å². The van der Waals surface area contributed by atoms with Gasteiger partial charge in [0.05, 0.1) is 22.6 Å². The van der Waals surface area contributed by atoms with Crippen molar-refractivity contribution in [2.24, 2.45) is 0 Å². The summed E-state index contributed by atoms with van der Waals surface area (Å²) in [5.74, 6) is 0. The van der Waals surface area contributed by atoms with Gasteiger partial charge in [-0.25, -0.2) is 4.68 Å². The predicted molar refractivity (Wildman–Crippen MR) is 69.5 cm³/mol. The van der Waals surface area contributed by atoms with Gasteiger partial charge in [0.2, 0.25) is 0 Å². The molecule has 1 heterocycles. The topological polar surface area (TPSA) is 50.9 Å². The smallest absolute Gasteiger partial charge is 0.0832 e. The number of aliphatic hydroxyl groups excluding tert-OH is 1. The molecule has 0 saturated carbocycles. The lowest BCUT2D eigenvalue weighted by molar-refractivity contribution is 0.288. The van der Waals surface area contributed by atoms with Gasteiger partial charge in [0.25, 0.3) is 0 Å². The summed E-state index contributed by atoms with van der Waals surface area (Å²) < 4.78 is 2.51. The fourth-order valence-electron chi connectivity index (χ4n) is 1.43.